The van der Waals surface area contributed by atoms with Crippen LogP contribution in [0.4, 0.5) is 5.69 Å². The van der Waals surface area contributed by atoms with E-state index in [4.69, 9.17) is 10.5 Å². The van der Waals surface area contributed by atoms with Crippen molar-refractivity contribution in [1.29, 1.82) is 0 Å². The van der Waals surface area contributed by atoms with Gasteiger partial charge in [-0.15, -0.1) is 0 Å². The Morgan fingerprint density at radius 1 is 1.31 bits per heavy atom. The summed E-state index contributed by atoms with van der Waals surface area (Å²) in [6, 6.07) is 4.19. The minimum atomic E-state index is 0.0419. The summed E-state index contributed by atoms with van der Waals surface area (Å²) in [6.07, 6.45) is 2.27. The molecule has 1 aliphatic rings. The van der Waals surface area contributed by atoms with Gasteiger partial charge in [0.05, 0.1) is 7.11 Å². The molecule has 1 fully saturated rings. The number of nitrogens with two attached hydrogens (primary N) is 1. The van der Waals surface area contributed by atoms with E-state index in [1.54, 1.807) is 7.11 Å². The van der Waals surface area contributed by atoms with Gasteiger partial charge in [0.2, 0.25) is 0 Å². The zero-order valence-electron chi connectivity index (χ0n) is 10.3. The molecule has 0 atom stereocenters. The van der Waals surface area contributed by atoms with Gasteiger partial charge in [0.25, 0.3) is 0 Å². The lowest BCUT2D eigenvalue weighted by molar-refractivity contribution is 0.411. The molecule has 1 saturated carbocycles. The lowest BCUT2D eigenvalue weighted by Gasteiger charge is -2.16. The van der Waals surface area contributed by atoms with Crippen molar-refractivity contribution in [3.8, 4) is 5.75 Å². The molecule has 0 radical (unpaired) electrons. The molecular formula is C13H20N2O. The Morgan fingerprint density at radius 2 is 2.00 bits per heavy atom. The summed E-state index contributed by atoms with van der Waals surface area (Å²) < 4.78 is 5.29. The maximum atomic E-state index is 6.05. The fourth-order valence-electron chi connectivity index (χ4n) is 1.81. The monoisotopic (exact) mass is 220 g/mol. The molecule has 0 aliphatic heterocycles. The highest BCUT2D eigenvalue weighted by Crippen LogP contribution is 2.33. The number of anilines is 1. The number of rotatable bonds is 4. The molecule has 88 valence electrons. The van der Waals surface area contributed by atoms with Gasteiger partial charge >= 0.3 is 0 Å². The quantitative estimate of drug-likeness (QED) is 0.818. The summed E-state index contributed by atoms with van der Waals surface area (Å²) in [5, 5.41) is 3.43. The Hall–Kier alpha value is -1.22. The minimum Gasteiger partial charge on any atom is -0.496 e. The van der Waals surface area contributed by atoms with Crippen LogP contribution in [0.5, 0.6) is 5.75 Å². The van der Waals surface area contributed by atoms with Gasteiger partial charge in [-0.2, -0.15) is 0 Å². The van der Waals surface area contributed by atoms with Crippen molar-refractivity contribution in [3.05, 3.63) is 23.3 Å². The van der Waals surface area contributed by atoms with E-state index in [-0.39, 0.29) is 5.54 Å². The first-order chi connectivity index (χ1) is 7.54. The van der Waals surface area contributed by atoms with Crippen molar-refractivity contribution in [2.75, 3.05) is 19.0 Å². The standard InChI is InChI=1S/C13H20N2O/c1-9-7-12(16-3)10(2)6-11(9)15-8-13(14)4-5-13/h6-7,15H,4-5,8,14H2,1-3H3. The summed E-state index contributed by atoms with van der Waals surface area (Å²) in [5.74, 6) is 0.942. The van der Waals surface area contributed by atoms with Crippen LogP contribution in [0.3, 0.4) is 0 Å². The van der Waals surface area contributed by atoms with E-state index >= 15 is 0 Å². The van der Waals surface area contributed by atoms with Crippen LogP contribution in [0.15, 0.2) is 12.1 Å². The summed E-state index contributed by atoms with van der Waals surface area (Å²) in [6.45, 7) is 5.00. The van der Waals surface area contributed by atoms with Crippen LogP contribution in [0.2, 0.25) is 0 Å². The minimum absolute atomic E-state index is 0.0419. The molecule has 3 nitrogen and oxygen atoms in total. The average molecular weight is 220 g/mol. The Kier molecular flexibility index (Phi) is 2.80. The van der Waals surface area contributed by atoms with Gasteiger partial charge < -0.3 is 15.8 Å². The normalized spacial score (nSPS) is 17.0. The van der Waals surface area contributed by atoms with Gasteiger partial charge in [0.1, 0.15) is 5.75 Å². The number of nitrogens with one attached hydrogen (secondary N) is 1. The van der Waals surface area contributed by atoms with Crippen LogP contribution in [0.1, 0.15) is 24.0 Å². The third-order valence-corrected chi connectivity index (χ3v) is 3.26. The summed E-state index contributed by atoms with van der Waals surface area (Å²) in [5.41, 5.74) is 9.61. The highest BCUT2D eigenvalue weighted by Gasteiger charge is 2.37. The first-order valence-electron chi connectivity index (χ1n) is 5.72. The first-order valence-corrected chi connectivity index (χ1v) is 5.72. The molecule has 1 aromatic carbocycles. The SMILES string of the molecule is COc1cc(C)c(NCC2(N)CC2)cc1C. The maximum Gasteiger partial charge on any atom is 0.122 e. The fraction of sp³-hybridized carbons (Fsp3) is 0.538. The van der Waals surface area contributed by atoms with Crippen LogP contribution in [0.25, 0.3) is 0 Å². The van der Waals surface area contributed by atoms with Crippen molar-refractivity contribution >= 4 is 5.69 Å². The molecule has 0 aromatic heterocycles. The second-order valence-electron chi connectivity index (χ2n) is 4.85. The Labute approximate surface area is 97.0 Å². The highest BCUT2D eigenvalue weighted by molar-refractivity contribution is 5.57. The Bertz CT molecular complexity index is 397. The summed E-state index contributed by atoms with van der Waals surface area (Å²) >= 11 is 0. The van der Waals surface area contributed by atoms with Gasteiger partial charge in [-0.1, -0.05) is 0 Å². The van der Waals surface area contributed by atoms with Crippen LogP contribution < -0.4 is 15.8 Å². The van der Waals surface area contributed by atoms with Crippen LogP contribution >= 0.6 is 0 Å². The molecule has 3 heteroatoms. The van der Waals surface area contributed by atoms with Gasteiger partial charge in [0.15, 0.2) is 0 Å². The molecule has 0 amide bonds. The zero-order valence-corrected chi connectivity index (χ0v) is 10.3. The molecule has 1 aromatic rings. The number of benzene rings is 1. The Morgan fingerprint density at radius 3 is 2.56 bits per heavy atom. The Balaban J connectivity index is 2.11. The van der Waals surface area contributed by atoms with E-state index in [1.165, 1.54) is 5.56 Å². The van der Waals surface area contributed by atoms with Crippen molar-refractivity contribution in [2.24, 2.45) is 5.73 Å². The van der Waals surface area contributed by atoms with Crippen molar-refractivity contribution in [1.82, 2.24) is 0 Å². The van der Waals surface area contributed by atoms with E-state index in [0.29, 0.717) is 0 Å². The molecule has 0 bridgehead atoms. The molecule has 0 heterocycles. The second kappa shape index (κ2) is 3.98. The van der Waals surface area contributed by atoms with Crippen LogP contribution in [0, 0.1) is 13.8 Å². The molecule has 0 spiro atoms. The molecule has 0 unspecified atom stereocenters. The molecule has 0 saturated heterocycles. The lowest BCUT2D eigenvalue weighted by atomic mass is 10.1. The predicted octanol–water partition coefficient (Wildman–Crippen LogP) is 2.22. The van der Waals surface area contributed by atoms with E-state index in [0.717, 1.165) is 36.4 Å². The average Bonchev–Trinajstić information content (AvgIpc) is 2.98. The van der Waals surface area contributed by atoms with Gasteiger partial charge in [0, 0.05) is 17.8 Å². The van der Waals surface area contributed by atoms with Gasteiger partial charge in [-0.05, 0) is 49.9 Å². The number of methoxy groups -OCH3 is 1. The third kappa shape index (κ3) is 2.30. The molecule has 1 aliphatic carbocycles. The van der Waals surface area contributed by atoms with Crippen molar-refractivity contribution < 1.29 is 4.74 Å². The highest BCUT2D eigenvalue weighted by atomic mass is 16.5. The largest absolute Gasteiger partial charge is 0.496 e. The van der Waals surface area contributed by atoms with E-state index < -0.39 is 0 Å². The topological polar surface area (TPSA) is 47.3 Å². The second-order valence-corrected chi connectivity index (χ2v) is 4.85. The molecule has 2 rings (SSSR count). The summed E-state index contributed by atoms with van der Waals surface area (Å²) in [4.78, 5) is 0. The predicted molar refractivity (Wildman–Crippen MR) is 67.1 cm³/mol. The lowest BCUT2D eigenvalue weighted by Crippen LogP contribution is -2.31. The fourth-order valence-corrected chi connectivity index (χ4v) is 1.81. The van der Waals surface area contributed by atoms with E-state index in [9.17, 15) is 0 Å². The number of aryl methyl sites for hydroxylation is 2. The molecule has 16 heavy (non-hydrogen) atoms. The smallest absolute Gasteiger partial charge is 0.122 e. The zero-order chi connectivity index (χ0) is 11.8. The van der Waals surface area contributed by atoms with Gasteiger partial charge in [-0.25, -0.2) is 0 Å². The molecular weight excluding hydrogens is 200 g/mol. The number of hydrogen-bond donors (Lipinski definition) is 2. The van der Waals surface area contributed by atoms with Crippen LogP contribution in [-0.2, 0) is 0 Å². The van der Waals surface area contributed by atoms with Crippen LogP contribution in [-0.4, -0.2) is 19.2 Å². The third-order valence-electron chi connectivity index (χ3n) is 3.26. The number of hydrogen-bond acceptors (Lipinski definition) is 3. The van der Waals surface area contributed by atoms with E-state index in [1.807, 2.05) is 0 Å². The van der Waals surface area contributed by atoms with Crippen molar-refractivity contribution in [2.45, 2.75) is 32.2 Å². The van der Waals surface area contributed by atoms with E-state index in [2.05, 4.69) is 31.3 Å². The first kappa shape index (κ1) is 11.3. The molecule has 3 N–H and O–H groups in total. The van der Waals surface area contributed by atoms with Gasteiger partial charge in [-0.3, -0.25) is 0 Å². The van der Waals surface area contributed by atoms with Crippen molar-refractivity contribution in [3.63, 3.8) is 0 Å². The maximum absolute atomic E-state index is 6.05. The summed E-state index contributed by atoms with van der Waals surface area (Å²) in [7, 11) is 1.70. The number of ether oxygens (including phenoxy) is 1.